The average molecular weight is 590 g/mol. The van der Waals surface area contributed by atoms with Gasteiger partial charge in [-0.25, -0.2) is 9.48 Å². The Hall–Kier alpha value is -2.17. The fourth-order valence-electron chi connectivity index (χ4n) is 5.45. The number of aryl methyl sites for hydroxylation is 2. The lowest BCUT2D eigenvalue weighted by atomic mass is 9.98. The minimum absolute atomic E-state index is 0.130. The van der Waals surface area contributed by atoms with Gasteiger partial charge in [0.2, 0.25) is 0 Å². The lowest BCUT2D eigenvalue weighted by molar-refractivity contribution is -0.0409. The number of carbonyl (C=O) groups excluding carboxylic acids is 1. The van der Waals surface area contributed by atoms with Crippen LogP contribution in [0.2, 0.25) is 23.2 Å². The Morgan fingerprint density at radius 1 is 1.25 bits per heavy atom. The van der Waals surface area contributed by atoms with Gasteiger partial charge in [0.05, 0.1) is 29.9 Å². The Kier molecular flexibility index (Phi) is 9.21. The quantitative estimate of drug-likeness (QED) is 0.165. The average Bonchev–Trinajstić information content (AvgIpc) is 3.39. The number of esters is 1. The van der Waals surface area contributed by atoms with E-state index in [-0.39, 0.29) is 17.9 Å². The van der Waals surface area contributed by atoms with Crippen molar-refractivity contribution in [1.82, 2.24) is 14.3 Å². The van der Waals surface area contributed by atoms with E-state index in [9.17, 15) is 9.90 Å². The van der Waals surface area contributed by atoms with Crippen molar-refractivity contribution in [2.24, 2.45) is 7.05 Å². The Bertz CT molecular complexity index is 1380. The topological polar surface area (TPSA) is 87.7 Å². The van der Waals surface area contributed by atoms with E-state index in [1.165, 1.54) is 7.11 Å². The Morgan fingerprint density at radius 3 is 2.58 bits per heavy atom. The number of rotatable bonds is 9. The molecule has 1 aliphatic heterocycles. The predicted octanol–water partition coefficient (Wildman–Crippen LogP) is 6.94. The molecule has 0 amide bonds. The molecule has 4 rings (SSSR count). The zero-order chi connectivity index (χ0) is 29.4. The predicted molar refractivity (Wildman–Crippen MR) is 161 cm³/mol. The molecule has 1 saturated heterocycles. The second-order valence-corrected chi connectivity index (χ2v) is 17.5. The highest BCUT2D eigenvalue weighted by atomic mass is 35.5. The molecule has 8 nitrogen and oxygen atoms in total. The van der Waals surface area contributed by atoms with Crippen molar-refractivity contribution < 1.29 is 23.8 Å². The summed E-state index contributed by atoms with van der Waals surface area (Å²) in [6.45, 7) is 14.2. The van der Waals surface area contributed by atoms with E-state index in [1.54, 1.807) is 0 Å². The number of methoxy groups -OCH3 is 1. The molecule has 2 aromatic heterocycles. The maximum atomic E-state index is 13.1. The number of benzene rings is 1. The summed E-state index contributed by atoms with van der Waals surface area (Å²) in [6.07, 6.45) is 4.20. The molecule has 0 aliphatic carbocycles. The van der Waals surface area contributed by atoms with Crippen molar-refractivity contribution in [3.63, 3.8) is 0 Å². The summed E-state index contributed by atoms with van der Waals surface area (Å²) in [6, 6.07) is 3.84. The van der Waals surface area contributed by atoms with Crippen LogP contribution in [0.3, 0.4) is 0 Å². The third-order valence-electron chi connectivity index (χ3n) is 8.68. The molecule has 0 saturated carbocycles. The van der Waals surface area contributed by atoms with Crippen molar-refractivity contribution in [1.29, 1.82) is 0 Å². The zero-order valence-electron chi connectivity index (χ0n) is 25.2. The number of hydrogen-bond acceptors (Lipinski definition) is 6. The molecule has 3 heterocycles. The van der Waals surface area contributed by atoms with Gasteiger partial charge >= 0.3 is 5.97 Å². The van der Waals surface area contributed by atoms with Gasteiger partial charge in [-0.15, -0.1) is 0 Å². The summed E-state index contributed by atoms with van der Waals surface area (Å²) in [4.78, 5) is 13.1. The highest BCUT2D eigenvalue weighted by Crippen LogP contribution is 2.43. The molecule has 0 radical (unpaired) electrons. The fourth-order valence-corrected chi connectivity index (χ4v) is 6.79. The van der Waals surface area contributed by atoms with Crippen LogP contribution in [-0.4, -0.2) is 54.1 Å². The van der Waals surface area contributed by atoms with E-state index in [1.807, 2.05) is 35.4 Å². The summed E-state index contributed by atoms with van der Waals surface area (Å²) in [5, 5.41) is 16.7. The number of fused-ring (bicyclic) bond motifs is 1. The summed E-state index contributed by atoms with van der Waals surface area (Å²) in [5.74, 6) is -0.397. The number of carbonyl (C=O) groups is 1. The summed E-state index contributed by atoms with van der Waals surface area (Å²) < 4.78 is 21.4. The van der Waals surface area contributed by atoms with Gasteiger partial charge in [0.1, 0.15) is 11.9 Å². The molecular weight excluding hydrogens is 546 g/mol. The highest BCUT2D eigenvalue weighted by Gasteiger charge is 2.37. The number of hydrogen-bond donors (Lipinski definition) is 1. The highest BCUT2D eigenvalue weighted by molar-refractivity contribution is 6.74. The first kappa shape index (κ1) is 30.8. The maximum Gasteiger partial charge on any atom is 0.354 e. The van der Waals surface area contributed by atoms with Gasteiger partial charge in [-0.2, -0.15) is 5.10 Å². The molecule has 3 aromatic rings. The number of nitrogens with zero attached hydrogens (tertiary/aromatic N) is 3. The van der Waals surface area contributed by atoms with Crippen LogP contribution in [0.25, 0.3) is 22.0 Å². The summed E-state index contributed by atoms with van der Waals surface area (Å²) >= 11 is 6.91. The standard InChI is InChI=1S/C30H44ClN3O5Si/c1-19-25(23(18-35)32-34(19)24-13-9-10-16-38-24)26-22(31)15-14-21-20(28(29(36)37-6)33(5)27(21)26)12-11-17-39-40(7,8)30(2,3)4/h14-15,24,35H,9-13,16-18H2,1-8H3. The van der Waals surface area contributed by atoms with Crippen LogP contribution in [-0.2, 0) is 34.0 Å². The number of aliphatic hydroxyl groups is 1. The molecule has 1 atom stereocenters. The van der Waals surface area contributed by atoms with Gasteiger partial charge in [-0.3, -0.25) is 0 Å². The van der Waals surface area contributed by atoms with E-state index in [2.05, 4.69) is 33.9 Å². The van der Waals surface area contributed by atoms with Gasteiger partial charge < -0.3 is 23.6 Å². The second kappa shape index (κ2) is 12.0. The van der Waals surface area contributed by atoms with E-state index < -0.39 is 14.3 Å². The molecule has 1 N–H and O–H groups in total. The lowest BCUT2D eigenvalue weighted by Crippen LogP contribution is -2.41. The molecule has 1 unspecified atom stereocenters. The number of ether oxygens (including phenoxy) is 2. The van der Waals surface area contributed by atoms with E-state index in [0.29, 0.717) is 36.0 Å². The first-order valence-electron chi connectivity index (χ1n) is 14.2. The minimum Gasteiger partial charge on any atom is -0.464 e. The third-order valence-corrected chi connectivity index (χ3v) is 13.5. The van der Waals surface area contributed by atoms with Crippen LogP contribution in [0.15, 0.2) is 12.1 Å². The van der Waals surface area contributed by atoms with E-state index in [4.69, 9.17) is 30.6 Å². The first-order valence-corrected chi connectivity index (χ1v) is 17.5. The monoisotopic (exact) mass is 589 g/mol. The van der Waals surface area contributed by atoms with Crippen molar-refractivity contribution in [3.05, 3.63) is 39.8 Å². The number of aliphatic hydroxyl groups excluding tert-OH is 1. The second-order valence-electron chi connectivity index (χ2n) is 12.2. The van der Waals surface area contributed by atoms with Crippen LogP contribution in [0, 0.1) is 6.92 Å². The summed E-state index contributed by atoms with van der Waals surface area (Å²) in [5.41, 5.74) is 5.15. The molecule has 0 bridgehead atoms. The van der Waals surface area contributed by atoms with E-state index in [0.717, 1.165) is 59.0 Å². The maximum absolute atomic E-state index is 13.1. The van der Waals surface area contributed by atoms with Crippen LogP contribution >= 0.6 is 11.6 Å². The first-order chi connectivity index (χ1) is 18.8. The molecule has 220 valence electrons. The van der Waals surface area contributed by atoms with Gasteiger partial charge in [-0.05, 0) is 68.8 Å². The Balaban J connectivity index is 1.82. The molecule has 10 heteroatoms. The molecule has 1 fully saturated rings. The Labute approximate surface area is 243 Å². The molecule has 1 aliphatic rings. The van der Waals surface area contributed by atoms with Crippen LogP contribution in [0.5, 0.6) is 0 Å². The number of aromatic nitrogens is 3. The van der Waals surface area contributed by atoms with Gasteiger partial charge in [0.25, 0.3) is 0 Å². The SMILES string of the molecule is COC(=O)c1c(CCCO[Si](C)(C)C(C)(C)C)c2ccc(Cl)c(-c3c(CO)nn(C4CCCCO4)c3C)c2n1C. The minimum atomic E-state index is -1.88. The van der Waals surface area contributed by atoms with Crippen molar-refractivity contribution in [3.8, 4) is 11.1 Å². The fraction of sp³-hybridized carbons (Fsp3) is 0.600. The van der Waals surface area contributed by atoms with Crippen LogP contribution in [0.1, 0.15) is 80.1 Å². The third kappa shape index (κ3) is 5.63. The Morgan fingerprint density at radius 2 is 1.98 bits per heavy atom. The van der Waals surface area contributed by atoms with Crippen molar-refractivity contribution in [2.75, 3.05) is 20.3 Å². The van der Waals surface area contributed by atoms with E-state index >= 15 is 0 Å². The number of halogens is 1. The van der Waals surface area contributed by atoms with Gasteiger partial charge in [0, 0.05) is 42.5 Å². The molecule has 1 aromatic carbocycles. The smallest absolute Gasteiger partial charge is 0.354 e. The van der Waals surface area contributed by atoms with Crippen molar-refractivity contribution >= 4 is 36.8 Å². The van der Waals surface area contributed by atoms with Crippen LogP contribution in [0.4, 0.5) is 0 Å². The zero-order valence-corrected chi connectivity index (χ0v) is 26.9. The normalized spacial score (nSPS) is 16.6. The molecule has 0 spiro atoms. The molecule has 40 heavy (non-hydrogen) atoms. The summed E-state index contributed by atoms with van der Waals surface area (Å²) in [7, 11) is 1.39. The van der Waals surface area contributed by atoms with Crippen LogP contribution < -0.4 is 0 Å². The molecular formula is C30H44ClN3O5Si. The van der Waals surface area contributed by atoms with Crippen molar-refractivity contribution in [2.45, 2.75) is 90.8 Å². The largest absolute Gasteiger partial charge is 0.464 e. The van der Waals surface area contributed by atoms with Gasteiger partial charge in [-0.1, -0.05) is 38.4 Å². The van der Waals surface area contributed by atoms with Gasteiger partial charge in [0.15, 0.2) is 8.32 Å². The lowest BCUT2D eigenvalue weighted by Gasteiger charge is -2.36.